The standard InChI is InChI=1S/C6H12N2O/c1-2-3-4-5-8-6(7)9/h2-3H,4-5H2,1H3,(H3,7,8,9). The van der Waals surface area contributed by atoms with Crippen molar-refractivity contribution < 1.29 is 4.79 Å². The first kappa shape index (κ1) is 8.01. The number of hydrogen-bond donors (Lipinski definition) is 2. The van der Waals surface area contributed by atoms with E-state index in [2.05, 4.69) is 5.32 Å². The van der Waals surface area contributed by atoms with Crippen LogP contribution in [0.2, 0.25) is 0 Å². The third-order valence-electron chi connectivity index (χ3n) is 0.846. The summed E-state index contributed by atoms with van der Waals surface area (Å²) in [6, 6.07) is -0.459. The lowest BCUT2D eigenvalue weighted by atomic mass is 10.4. The fraction of sp³-hybridized carbons (Fsp3) is 0.500. The van der Waals surface area contributed by atoms with Gasteiger partial charge in [0.1, 0.15) is 0 Å². The Bertz CT molecular complexity index is 110. The fourth-order valence-electron chi connectivity index (χ4n) is 0.445. The van der Waals surface area contributed by atoms with Crippen LogP contribution in [0.5, 0.6) is 0 Å². The average Bonchev–Trinajstić information content (AvgIpc) is 1.80. The van der Waals surface area contributed by atoms with Gasteiger partial charge in [0.2, 0.25) is 0 Å². The zero-order valence-electron chi connectivity index (χ0n) is 5.55. The van der Waals surface area contributed by atoms with Gasteiger partial charge in [-0.25, -0.2) is 4.79 Å². The molecule has 52 valence electrons. The van der Waals surface area contributed by atoms with Gasteiger partial charge in [0.05, 0.1) is 0 Å². The molecule has 0 spiro atoms. The van der Waals surface area contributed by atoms with Crippen molar-refractivity contribution in [3.8, 4) is 0 Å². The van der Waals surface area contributed by atoms with Gasteiger partial charge in [-0.2, -0.15) is 0 Å². The summed E-state index contributed by atoms with van der Waals surface area (Å²) in [6.07, 6.45) is 4.75. The van der Waals surface area contributed by atoms with Crippen molar-refractivity contribution in [2.45, 2.75) is 13.3 Å². The molecule has 0 fully saturated rings. The molecule has 0 saturated carbocycles. The highest BCUT2D eigenvalue weighted by molar-refractivity contribution is 5.71. The molecule has 0 radical (unpaired) electrons. The van der Waals surface area contributed by atoms with E-state index in [4.69, 9.17) is 5.73 Å². The monoisotopic (exact) mass is 128 g/mol. The maximum Gasteiger partial charge on any atom is 0.312 e. The maximum atomic E-state index is 10.0. The molecule has 9 heavy (non-hydrogen) atoms. The molecule has 0 aromatic carbocycles. The molecule has 0 aromatic heterocycles. The van der Waals surface area contributed by atoms with Gasteiger partial charge in [-0.3, -0.25) is 0 Å². The van der Waals surface area contributed by atoms with Gasteiger partial charge < -0.3 is 11.1 Å². The minimum absolute atomic E-state index is 0.459. The van der Waals surface area contributed by atoms with E-state index in [0.29, 0.717) is 6.54 Å². The van der Waals surface area contributed by atoms with Gasteiger partial charge >= 0.3 is 6.03 Å². The molecule has 2 amide bonds. The number of carbonyl (C=O) groups excluding carboxylic acids is 1. The van der Waals surface area contributed by atoms with Crippen LogP contribution in [0.3, 0.4) is 0 Å². The van der Waals surface area contributed by atoms with Gasteiger partial charge in [-0.05, 0) is 13.3 Å². The van der Waals surface area contributed by atoms with Gasteiger partial charge in [-0.1, -0.05) is 12.2 Å². The molecule has 0 aromatic rings. The van der Waals surface area contributed by atoms with Gasteiger partial charge in [0.25, 0.3) is 0 Å². The Labute approximate surface area is 54.9 Å². The smallest absolute Gasteiger partial charge is 0.312 e. The number of urea groups is 1. The van der Waals surface area contributed by atoms with Crippen molar-refractivity contribution >= 4 is 6.03 Å². The van der Waals surface area contributed by atoms with Crippen molar-refractivity contribution in [3.63, 3.8) is 0 Å². The quantitative estimate of drug-likeness (QED) is 0.425. The van der Waals surface area contributed by atoms with Crippen LogP contribution in [0, 0.1) is 0 Å². The Hall–Kier alpha value is -0.990. The number of rotatable bonds is 3. The van der Waals surface area contributed by atoms with Gasteiger partial charge in [-0.15, -0.1) is 0 Å². The molecule has 0 heterocycles. The number of carbonyl (C=O) groups is 1. The molecule has 3 heteroatoms. The Morgan fingerprint density at radius 2 is 2.44 bits per heavy atom. The number of amides is 2. The number of nitrogens with one attached hydrogen (secondary N) is 1. The Morgan fingerprint density at radius 1 is 1.78 bits per heavy atom. The number of allylic oxidation sites excluding steroid dienone is 1. The van der Waals surface area contributed by atoms with E-state index < -0.39 is 6.03 Å². The van der Waals surface area contributed by atoms with Crippen LogP contribution < -0.4 is 11.1 Å². The predicted octanol–water partition coefficient (Wildman–Crippen LogP) is 0.621. The van der Waals surface area contributed by atoms with Crippen LogP contribution in [-0.2, 0) is 0 Å². The van der Waals surface area contributed by atoms with Gasteiger partial charge in [0, 0.05) is 6.54 Å². The molecular formula is C6H12N2O. The lowest BCUT2D eigenvalue weighted by Crippen LogP contribution is -2.29. The van der Waals surface area contributed by atoms with Crippen molar-refractivity contribution in [3.05, 3.63) is 12.2 Å². The molecule has 3 nitrogen and oxygen atoms in total. The zero-order valence-corrected chi connectivity index (χ0v) is 5.55. The summed E-state index contributed by atoms with van der Waals surface area (Å²) in [7, 11) is 0. The van der Waals surface area contributed by atoms with Crippen molar-refractivity contribution in [1.82, 2.24) is 5.32 Å². The van der Waals surface area contributed by atoms with E-state index in [9.17, 15) is 4.79 Å². The molecule has 0 atom stereocenters. The summed E-state index contributed by atoms with van der Waals surface area (Å²) >= 11 is 0. The molecule has 3 N–H and O–H groups in total. The van der Waals surface area contributed by atoms with Crippen molar-refractivity contribution in [2.24, 2.45) is 5.73 Å². The van der Waals surface area contributed by atoms with E-state index in [1.807, 2.05) is 19.1 Å². The highest BCUT2D eigenvalue weighted by Crippen LogP contribution is 1.77. The first-order valence-corrected chi connectivity index (χ1v) is 2.92. The highest BCUT2D eigenvalue weighted by atomic mass is 16.2. The molecule has 0 aliphatic rings. The second-order valence-electron chi connectivity index (χ2n) is 1.65. The van der Waals surface area contributed by atoms with Crippen LogP contribution in [0.1, 0.15) is 13.3 Å². The average molecular weight is 128 g/mol. The SMILES string of the molecule is CC=CCCNC(N)=O. The highest BCUT2D eigenvalue weighted by Gasteiger charge is 1.85. The van der Waals surface area contributed by atoms with E-state index in [1.54, 1.807) is 0 Å². The van der Waals surface area contributed by atoms with E-state index >= 15 is 0 Å². The summed E-state index contributed by atoms with van der Waals surface area (Å²) in [5, 5.41) is 2.47. The molecule has 0 rings (SSSR count). The first-order chi connectivity index (χ1) is 4.27. The van der Waals surface area contributed by atoms with Crippen LogP contribution >= 0.6 is 0 Å². The fourth-order valence-corrected chi connectivity index (χ4v) is 0.445. The number of hydrogen-bond acceptors (Lipinski definition) is 1. The topological polar surface area (TPSA) is 55.1 Å². The Kier molecular flexibility index (Phi) is 4.59. The summed E-state index contributed by atoms with van der Waals surface area (Å²) < 4.78 is 0. The van der Waals surface area contributed by atoms with Crippen LogP contribution in [-0.4, -0.2) is 12.6 Å². The zero-order chi connectivity index (χ0) is 7.11. The van der Waals surface area contributed by atoms with Crippen LogP contribution in [0.25, 0.3) is 0 Å². The Balaban J connectivity index is 3.01. The molecule has 0 bridgehead atoms. The normalized spacial score (nSPS) is 9.89. The predicted molar refractivity (Wildman–Crippen MR) is 37.0 cm³/mol. The van der Waals surface area contributed by atoms with Gasteiger partial charge in [0.15, 0.2) is 0 Å². The van der Waals surface area contributed by atoms with Crippen LogP contribution in [0.4, 0.5) is 4.79 Å². The lowest BCUT2D eigenvalue weighted by molar-refractivity contribution is 0.249. The van der Waals surface area contributed by atoms with E-state index in [1.165, 1.54) is 0 Å². The lowest BCUT2D eigenvalue weighted by Gasteiger charge is -1.94. The van der Waals surface area contributed by atoms with Crippen molar-refractivity contribution in [1.29, 1.82) is 0 Å². The number of primary amides is 1. The third kappa shape index (κ3) is 7.01. The van der Waals surface area contributed by atoms with E-state index in [0.717, 1.165) is 6.42 Å². The van der Waals surface area contributed by atoms with E-state index in [-0.39, 0.29) is 0 Å². The van der Waals surface area contributed by atoms with Crippen molar-refractivity contribution in [2.75, 3.05) is 6.54 Å². The second-order valence-corrected chi connectivity index (χ2v) is 1.65. The minimum Gasteiger partial charge on any atom is -0.352 e. The maximum absolute atomic E-state index is 10.0. The molecule has 0 unspecified atom stereocenters. The largest absolute Gasteiger partial charge is 0.352 e. The first-order valence-electron chi connectivity index (χ1n) is 2.92. The minimum atomic E-state index is -0.459. The molecular weight excluding hydrogens is 116 g/mol. The molecule has 0 aliphatic carbocycles. The summed E-state index contributed by atoms with van der Waals surface area (Å²) in [6.45, 7) is 2.56. The van der Waals surface area contributed by atoms with Crippen LogP contribution in [0.15, 0.2) is 12.2 Å². The molecule has 0 aliphatic heterocycles. The summed E-state index contributed by atoms with van der Waals surface area (Å²) in [5.74, 6) is 0. The summed E-state index contributed by atoms with van der Waals surface area (Å²) in [5.41, 5.74) is 4.80. The molecule has 0 saturated heterocycles. The summed E-state index contributed by atoms with van der Waals surface area (Å²) in [4.78, 5) is 10.0. The second kappa shape index (κ2) is 5.15. The Morgan fingerprint density at radius 3 is 2.89 bits per heavy atom. The number of nitrogens with two attached hydrogens (primary N) is 1. The third-order valence-corrected chi connectivity index (χ3v) is 0.846.